The number of methoxy groups -OCH3 is 4. The molecule has 4 nitrogen and oxygen atoms in total. The highest BCUT2D eigenvalue weighted by Crippen LogP contribution is 2.40. The number of benzene rings is 2. The monoisotopic (exact) mass is 334 g/mol. The van der Waals surface area contributed by atoms with E-state index < -0.39 is 0 Å². The number of ether oxygens (including phenoxy) is 4. The van der Waals surface area contributed by atoms with Crippen molar-refractivity contribution in [1.29, 1.82) is 0 Å². The fourth-order valence-corrected chi connectivity index (χ4v) is 2.44. The maximum atomic E-state index is 6.25. The van der Waals surface area contributed by atoms with Crippen molar-refractivity contribution in [3.05, 3.63) is 46.5 Å². The van der Waals surface area contributed by atoms with Gasteiger partial charge in [-0.1, -0.05) is 23.8 Å². The summed E-state index contributed by atoms with van der Waals surface area (Å²) in [6, 6.07) is 9.25. The topological polar surface area (TPSA) is 36.9 Å². The van der Waals surface area contributed by atoms with Gasteiger partial charge in [-0.15, -0.1) is 0 Å². The minimum absolute atomic E-state index is 0.554. The molecule has 0 bridgehead atoms. The van der Waals surface area contributed by atoms with Crippen LogP contribution in [0.2, 0.25) is 5.02 Å². The standard InChI is InChI=1S/C18H19ClO4/c1-20-14-9-7-12(15(19)11-14)5-6-13-8-10-16(21-2)18(23-4)17(13)22-3/h5-11H,1-4H3. The summed E-state index contributed by atoms with van der Waals surface area (Å²) < 4.78 is 21.3. The van der Waals surface area contributed by atoms with E-state index in [-0.39, 0.29) is 0 Å². The first kappa shape index (κ1) is 17.0. The Bertz CT molecular complexity index is 710. The fraction of sp³-hybridized carbons (Fsp3) is 0.222. The third kappa shape index (κ3) is 3.71. The van der Waals surface area contributed by atoms with Crippen molar-refractivity contribution in [1.82, 2.24) is 0 Å². The largest absolute Gasteiger partial charge is 0.497 e. The molecule has 0 aliphatic carbocycles. The fourth-order valence-electron chi connectivity index (χ4n) is 2.21. The molecule has 0 saturated heterocycles. The van der Waals surface area contributed by atoms with Gasteiger partial charge in [0.2, 0.25) is 5.75 Å². The SMILES string of the molecule is COc1ccc(C=Cc2ccc(OC)c(OC)c2OC)c(Cl)c1. The van der Waals surface area contributed by atoms with Crippen molar-refractivity contribution in [2.45, 2.75) is 0 Å². The van der Waals surface area contributed by atoms with Crippen LogP contribution < -0.4 is 18.9 Å². The zero-order valence-corrected chi connectivity index (χ0v) is 14.3. The summed E-state index contributed by atoms with van der Waals surface area (Å²) in [5.41, 5.74) is 1.74. The first-order valence-corrected chi connectivity index (χ1v) is 7.33. The van der Waals surface area contributed by atoms with Crippen molar-refractivity contribution >= 4 is 23.8 Å². The zero-order valence-electron chi connectivity index (χ0n) is 13.6. The predicted molar refractivity (Wildman–Crippen MR) is 93.0 cm³/mol. The Morgan fingerprint density at radius 1 is 0.739 bits per heavy atom. The molecule has 0 N–H and O–H groups in total. The summed E-state index contributed by atoms with van der Waals surface area (Å²) in [6.07, 6.45) is 3.82. The molecular weight excluding hydrogens is 316 g/mol. The maximum absolute atomic E-state index is 6.25. The van der Waals surface area contributed by atoms with Crippen LogP contribution in [0.15, 0.2) is 30.3 Å². The summed E-state index contributed by atoms with van der Waals surface area (Å²) in [5, 5.41) is 0.611. The lowest BCUT2D eigenvalue weighted by molar-refractivity contribution is 0.324. The van der Waals surface area contributed by atoms with Crippen LogP contribution in [-0.2, 0) is 0 Å². The normalized spacial score (nSPS) is 10.7. The molecule has 0 fully saturated rings. The van der Waals surface area contributed by atoms with Gasteiger partial charge in [0.15, 0.2) is 11.5 Å². The van der Waals surface area contributed by atoms with Gasteiger partial charge < -0.3 is 18.9 Å². The van der Waals surface area contributed by atoms with Crippen LogP contribution in [0.5, 0.6) is 23.0 Å². The van der Waals surface area contributed by atoms with Crippen LogP contribution in [0.25, 0.3) is 12.2 Å². The zero-order chi connectivity index (χ0) is 16.8. The molecular formula is C18H19ClO4. The van der Waals surface area contributed by atoms with Gasteiger partial charge in [0.25, 0.3) is 0 Å². The van der Waals surface area contributed by atoms with E-state index in [1.807, 2.05) is 36.4 Å². The smallest absolute Gasteiger partial charge is 0.203 e. The van der Waals surface area contributed by atoms with E-state index in [0.717, 1.165) is 16.9 Å². The molecule has 0 aliphatic rings. The Morgan fingerprint density at radius 2 is 1.39 bits per heavy atom. The van der Waals surface area contributed by atoms with Gasteiger partial charge in [0, 0.05) is 5.56 Å². The minimum Gasteiger partial charge on any atom is -0.497 e. The average Bonchev–Trinajstić information content (AvgIpc) is 2.59. The van der Waals surface area contributed by atoms with E-state index in [1.165, 1.54) is 0 Å². The molecule has 5 heteroatoms. The van der Waals surface area contributed by atoms with Crippen molar-refractivity contribution in [3.8, 4) is 23.0 Å². The van der Waals surface area contributed by atoms with E-state index in [9.17, 15) is 0 Å². The van der Waals surface area contributed by atoms with E-state index >= 15 is 0 Å². The predicted octanol–water partition coefficient (Wildman–Crippen LogP) is 4.54. The summed E-state index contributed by atoms with van der Waals surface area (Å²) in [7, 11) is 6.36. The van der Waals surface area contributed by atoms with Gasteiger partial charge in [0.1, 0.15) is 5.75 Å². The molecule has 2 aromatic rings. The van der Waals surface area contributed by atoms with Crippen LogP contribution in [-0.4, -0.2) is 28.4 Å². The quantitative estimate of drug-likeness (QED) is 0.726. The van der Waals surface area contributed by atoms with Crippen molar-refractivity contribution < 1.29 is 18.9 Å². The van der Waals surface area contributed by atoms with E-state index in [4.69, 9.17) is 30.5 Å². The van der Waals surface area contributed by atoms with Crippen LogP contribution >= 0.6 is 11.6 Å². The Labute approximate surface area is 141 Å². The second-order valence-electron chi connectivity index (χ2n) is 4.64. The molecule has 23 heavy (non-hydrogen) atoms. The van der Waals surface area contributed by atoms with Gasteiger partial charge >= 0.3 is 0 Å². The second kappa shape index (κ2) is 7.79. The van der Waals surface area contributed by atoms with Crippen molar-refractivity contribution in [2.75, 3.05) is 28.4 Å². The van der Waals surface area contributed by atoms with Crippen molar-refractivity contribution in [3.63, 3.8) is 0 Å². The first-order valence-electron chi connectivity index (χ1n) is 6.95. The lowest BCUT2D eigenvalue weighted by atomic mass is 10.1. The number of hydrogen-bond donors (Lipinski definition) is 0. The van der Waals surface area contributed by atoms with Crippen LogP contribution in [0.4, 0.5) is 0 Å². The van der Waals surface area contributed by atoms with Gasteiger partial charge in [-0.25, -0.2) is 0 Å². The van der Waals surface area contributed by atoms with Crippen molar-refractivity contribution in [2.24, 2.45) is 0 Å². The highest BCUT2D eigenvalue weighted by molar-refractivity contribution is 6.32. The van der Waals surface area contributed by atoms with Crippen LogP contribution in [0, 0.1) is 0 Å². The third-order valence-electron chi connectivity index (χ3n) is 3.38. The highest BCUT2D eigenvalue weighted by Gasteiger charge is 2.14. The molecule has 0 aliphatic heterocycles. The molecule has 0 amide bonds. The minimum atomic E-state index is 0.554. The Kier molecular flexibility index (Phi) is 5.77. The number of rotatable bonds is 6. The Hall–Kier alpha value is -2.33. The lowest BCUT2D eigenvalue weighted by Crippen LogP contribution is -1.96. The molecule has 0 spiro atoms. The molecule has 0 atom stereocenters. The van der Waals surface area contributed by atoms with Gasteiger partial charge in [-0.2, -0.15) is 0 Å². The molecule has 2 rings (SSSR count). The lowest BCUT2D eigenvalue weighted by Gasteiger charge is -2.14. The second-order valence-corrected chi connectivity index (χ2v) is 5.05. The maximum Gasteiger partial charge on any atom is 0.203 e. The van der Waals surface area contributed by atoms with E-state index in [1.54, 1.807) is 34.5 Å². The molecule has 2 aromatic carbocycles. The summed E-state index contributed by atoms with van der Waals surface area (Å²) in [6.45, 7) is 0. The molecule has 0 unspecified atom stereocenters. The van der Waals surface area contributed by atoms with Gasteiger partial charge in [-0.3, -0.25) is 0 Å². The molecule has 0 heterocycles. The Morgan fingerprint density at radius 3 is 1.96 bits per heavy atom. The molecule has 0 aromatic heterocycles. The highest BCUT2D eigenvalue weighted by atomic mass is 35.5. The Balaban J connectivity index is 2.39. The number of hydrogen-bond acceptors (Lipinski definition) is 4. The van der Waals surface area contributed by atoms with Gasteiger partial charge in [-0.05, 0) is 35.9 Å². The third-order valence-corrected chi connectivity index (χ3v) is 3.71. The van der Waals surface area contributed by atoms with E-state index in [2.05, 4.69) is 0 Å². The first-order chi connectivity index (χ1) is 11.1. The molecule has 122 valence electrons. The summed E-state index contributed by atoms with van der Waals surface area (Å²) in [4.78, 5) is 0. The summed E-state index contributed by atoms with van der Waals surface area (Å²) >= 11 is 6.25. The van der Waals surface area contributed by atoms with Crippen LogP contribution in [0.3, 0.4) is 0 Å². The summed E-state index contributed by atoms with van der Waals surface area (Å²) in [5.74, 6) is 2.49. The molecule has 0 radical (unpaired) electrons. The average molecular weight is 335 g/mol. The van der Waals surface area contributed by atoms with Crippen LogP contribution in [0.1, 0.15) is 11.1 Å². The number of halogens is 1. The molecule has 0 saturated carbocycles. The van der Waals surface area contributed by atoms with Gasteiger partial charge in [0.05, 0.1) is 33.5 Å². The van der Waals surface area contributed by atoms with E-state index in [0.29, 0.717) is 22.3 Å².